The zero-order valence-electron chi connectivity index (χ0n) is 15.7. The van der Waals surface area contributed by atoms with Crippen LogP contribution in [0, 0.1) is 0 Å². The van der Waals surface area contributed by atoms with Gasteiger partial charge in [-0.1, -0.05) is 12.1 Å². The molecule has 0 aromatic heterocycles. The molecule has 0 unspecified atom stereocenters. The van der Waals surface area contributed by atoms with Crippen LogP contribution in [0.15, 0.2) is 48.5 Å². The molecule has 5 heteroatoms. The third kappa shape index (κ3) is 6.31. The van der Waals surface area contributed by atoms with E-state index in [1.807, 2.05) is 19.1 Å². The van der Waals surface area contributed by atoms with Crippen molar-refractivity contribution >= 4 is 5.91 Å². The number of nitrogens with one attached hydrogen (secondary N) is 1. The number of hydrogen-bond donors (Lipinski definition) is 1. The smallest absolute Gasteiger partial charge is 0.260 e. The molecule has 0 aliphatic carbocycles. The average molecular weight is 357 g/mol. The Morgan fingerprint density at radius 1 is 1.00 bits per heavy atom. The number of rotatable bonds is 10. The summed E-state index contributed by atoms with van der Waals surface area (Å²) in [5, 5.41) is 2.91. The quantitative estimate of drug-likeness (QED) is 0.660. The molecule has 0 aliphatic rings. The fourth-order valence-corrected chi connectivity index (χ4v) is 2.48. The van der Waals surface area contributed by atoms with Crippen LogP contribution in [0.25, 0.3) is 0 Å². The maximum atomic E-state index is 12.1. The molecule has 0 heterocycles. The molecule has 2 aromatic carbocycles. The highest BCUT2D eigenvalue weighted by Crippen LogP contribution is 2.18. The minimum atomic E-state index is -0.547. The van der Waals surface area contributed by atoms with Gasteiger partial charge >= 0.3 is 0 Å². The summed E-state index contributed by atoms with van der Waals surface area (Å²) in [5.74, 6) is 2.16. The summed E-state index contributed by atoms with van der Waals surface area (Å²) < 4.78 is 16.2. The molecule has 0 bridgehead atoms. The van der Waals surface area contributed by atoms with Gasteiger partial charge < -0.3 is 19.5 Å². The molecule has 2 aromatic rings. The van der Waals surface area contributed by atoms with Gasteiger partial charge in [0, 0.05) is 6.54 Å². The highest BCUT2D eigenvalue weighted by Gasteiger charge is 2.13. The van der Waals surface area contributed by atoms with Gasteiger partial charge in [-0.15, -0.1) is 0 Å². The molecular formula is C21H27NO4. The van der Waals surface area contributed by atoms with Crippen molar-refractivity contribution in [2.45, 2.75) is 32.8 Å². The van der Waals surface area contributed by atoms with Crippen LogP contribution in [0.3, 0.4) is 0 Å². The summed E-state index contributed by atoms with van der Waals surface area (Å²) in [6.45, 7) is 4.99. The Balaban J connectivity index is 1.68. The summed E-state index contributed by atoms with van der Waals surface area (Å²) >= 11 is 0. The predicted molar refractivity (Wildman–Crippen MR) is 102 cm³/mol. The molecule has 2 rings (SSSR count). The number of ether oxygens (including phenoxy) is 3. The first-order chi connectivity index (χ1) is 12.6. The van der Waals surface area contributed by atoms with Crippen molar-refractivity contribution in [3.63, 3.8) is 0 Å². The second-order valence-corrected chi connectivity index (χ2v) is 5.91. The summed E-state index contributed by atoms with van der Waals surface area (Å²) in [4.78, 5) is 12.1. The second-order valence-electron chi connectivity index (χ2n) is 5.91. The molecule has 0 saturated heterocycles. The van der Waals surface area contributed by atoms with Gasteiger partial charge in [-0.05, 0) is 68.7 Å². The van der Waals surface area contributed by atoms with Gasteiger partial charge in [0.1, 0.15) is 17.2 Å². The predicted octanol–water partition coefficient (Wildman–Crippen LogP) is 3.61. The Morgan fingerprint density at radius 2 is 1.62 bits per heavy atom. The van der Waals surface area contributed by atoms with Crippen molar-refractivity contribution in [3.05, 3.63) is 54.1 Å². The number of benzene rings is 2. The number of carbonyl (C=O) groups is 1. The van der Waals surface area contributed by atoms with Crippen LogP contribution in [0.1, 0.15) is 25.8 Å². The van der Waals surface area contributed by atoms with Crippen LogP contribution in [0.4, 0.5) is 0 Å². The van der Waals surface area contributed by atoms with E-state index in [9.17, 15) is 4.79 Å². The lowest BCUT2D eigenvalue weighted by Gasteiger charge is -2.15. The van der Waals surface area contributed by atoms with Crippen molar-refractivity contribution < 1.29 is 19.0 Å². The Hall–Kier alpha value is -2.69. The van der Waals surface area contributed by atoms with E-state index >= 15 is 0 Å². The normalized spacial score (nSPS) is 11.5. The van der Waals surface area contributed by atoms with Crippen molar-refractivity contribution in [2.24, 2.45) is 0 Å². The lowest BCUT2D eigenvalue weighted by atomic mass is 10.1. The van der Waals surface area contributed by atoms with Gasteiger partial charge in [0.25, 0.3) is 5.91 Å². The van der Waals surface area contributed by atoms with Gasteiger partial charge in [-0.3, -0.25) is 4.79 Å². The molecule has 0 radical (unpaired) electrons. The number of carbonyl (C=O) groups excluding carboxylic acids is 1. The summed E-state index contributed by atoms with van der Waals surface area (Å²) in [5.41, 5.74) is 1.23. The second kappa shape index (κ2) is 10.3. The molecule has 0 saturated carbocycles. The van der Waals surface area contributed by atoms with Crippen LogP contribution in [0.5, 0.6) is 17.2 Å². The van der Waals surface area contributed by atoms with Crippen LogP contribution in [0.2, 0.25) is 0 Å². The molecule has 1 N–H and O–H groups in total. The van der Waals surface area contributed by atoms with Gasteiger partial charge in [-0.25, -0.2) is 0 Å². The first kappa shape index (κ1) is 19.6. The van der Waals surface area contributed by atoms with E-state index in [2.05, 4.69) is 17.4 Å². The van der Waals surface area contributed by atoms with Crippen LogP contribution in [-0.4, -0.2) is 32.3 Å². The molecule has 0 fully saturated rings. The van der Waals surface area contributed by atoms with E-state index in [1.165, 1.54) is 5.56 Å². The Kier molecular flexibility index (Phi) is 7.80. The van der Waals surface area contributed by atoms with Crippen LogP contribution < -0.4 is 19.5 Å². The summed E-state index contributed by atoms with van der Waals surface area (Å²) in [6.07, 6.45) is 1.23. The largest absolute Gasteiger partial charge is 0.497 e. The number of hydrogen-bond acceptors (Lipinski definition) is 4. The van der Waals surface area contributed by atoms with Gasteiger partial charge in [-0.2, -0.15) is 0 Å². The number of amides is 1. The molecule has 0 aliphatic heterocycles. The van der Waals surface area contributed by atoms with E-state index in [-0.39, 0.29) is 5.91 Å². The highest BCUT2D eigenvalue weighted by atomic mass is 16.5. The fraction of sp³-hybridized carbons (Fsp3) is 0.381. The molecule has 1 amide bonds. The molecular weight excluding hydrogens is 330 g/mol. The van der Waals surface area contributed by atoms with Crippen molar-refractivity contribution in [2.75, 3.05) is 20.3 Å². The number of methoxy groups -OCH3 is 1. The molecule has 5 nitrogen and oxygen atoms in total. The maximum absolute atomic E-state index is 12.1. The maximum Gasteiger partial charge on any atom is 0.260 e. The van der Waals surface area contributed by atoms with E-state index < -0.39 is 6.10 Å². The first-order valence-corrected chi connectivity index (χ1v) is 8.92. The van der Waals surface area contributed by atoms with Crippen LogP contribution in [-0.2, 0) is 11.2 Å². The fourth-order valence-electron chi connectivity index (χ4n) is 2.48. The van der Waals surface area contributed by atoms with Crippen molar-refractivity contribution in [1.82, 2.24) is 5.32 Å². The highest BCUT2D eigenvalue weighted by molar-refractivity contribution is 5.80. The Bertz CT molecular complexity index is 667. The summed E-state index contributed by atoms with van der Waals surface area (Å²) in [6, 6.07) is 15.2. The van der Waals surface area contributed by atoms with E-state index in [4.69, 9.17) is 14.2 Å². The van der Waals surface area contributed by atoms with Gasteiger partial charge in [0.15, 0.2) is 6.10 Å². The topological polar surface area (TPSA) is 56.8 Å². The Labute approximate surface area is 155 Å². The first-order valence-electron chi connectivity index (χ1n) is 8.92. The zero-order chi connectivity index (χ0) is 18.8. The zero-order valence-corrected chi connectivity index (χ0v) is 15.7. The minimum Gasteiger partial charge on any atom is -0.497 e. The standard InChI is InChI=1S/C21H27NO4/c1-4-25-19-9-7-17(8-10-19)6-5-15-22-21(23)16(2)26-20-13-11-18(24-3)12-14-20/h7-14,16H,4-6,15H2,1-3H3,(H,22,23)/t16-/m1/s1. The SMILES string of the molecule is CCOc1ccc(CCCNC(=O)[C@@H](C)Oc2ccc(OC)cc2)cc1. The van der Waals surface area contributed by atoms with Gasteiger partial charge in [0.2, 0.25) is 0 Å². The van der Waals surface area contributed by atoms with Crippen molar-refractivity contribution in [3.8, 4) is 17.2 Å². The summed E-state index contributed by atoms with van der Waals surface area (Å²) in [7, 11) is 1.61. The molecule has 140 valence electrons. The Morgan fingerprint density at radius 3 is 2.23 bits per heavy atom. The average Bonchev–Trinajstić information content (AvgIpc) is 2.67. The number of aryl methyl sites for hydroxylation is 1. The van der Waals surface area contributed by atoms with Gasteiger partial charge in [0.05, 0.1) is 13.7 Å². The van der Waals surface area contributed by atoms with Crippen molar-refractivity contribution in [1.29, 1.82) is 0 Å². The lowest BCUT2D eigenvalue weighted by Crippen LogP contribution is -2.36. The molecule has 26 heavy (non-hydrogen) atoms. The van der Waals surface area contributed by atoms with E-state index in [0.717, 1.165) is 24.3 Å². The third-order valence-electron chi connectivity index (χ3n) is 3.92. The van der Waals surface area contributed by atoms with Crippen LogP contribution >= 0.6 is 0 Å². The third-order valence-corrected chi connectivity index (χ3v) is 3.92. The molecule has 0 spiro atoms. The monoisotopic (exact) mass is 357 g/mol. The molecule has 1 atom stereocenters. The lowest BCUT2D eigenvalue weighted by molar-refractivity contribution is -0.127. The van der Waals surface area contributed by atoms with E-state index in [0.29, 0.717) is 18.9 Å². The minimum absolute atomic E-state index is 0.118. The van der Waals surface area contributed by atoms with E-state index in [1.54, 1.807) is 38.3 Å².